The van der Waals surface area contributed by atoms with Crippen LogP contribution in [-0.4, -0.2) is 0 Å². The summed E-state index contributed by atoms with van der Waals surface area (Å²) in [6.45, 7) is 0. The van der Waals surface area contributed by atoms with E-state index in [1.807, 2.05) is 0 Å². The molecule has 3 heteroatoms. The molecular weight excluding hydrogens is 270 g/mol. The molecular formula is C12H12BrNS. The molecule has 0 bridgehead atoms. The Morgan fingerprint density at radius 3 is 2.93 bits per heavy atom. The van der Waals surface area contributed by atoms with Gasteiger partial charge in [-0.15, -0.1) is 11.3 Å². The van der Waals surface area contributed by atoms with Gasteiger partial charge in [0.25, 0.3) is 0 Å². The summed E-state index contributed by atoms with van der Waals surface area (Å²) in [6, 6.07) is 6.59. The van der Waals surface area contributed by atoms with Gasteiger partial charge >= 0.3 is 0 Å². The minimum absolute atomic E-state index is 0.244. The minimum Gasteiger partial charge on any atom is -0.324 e. The zero-order valence-corrected chi connectivity index (χ0v) is 10.6. The first-order valence-electron chi connectivity index (χ1n) is 5.18. The van der Waals surface area contributed by atoms with Crippen molar-refractivity contribution in [2.75, 3.05) is 0 Å². The third kappa shape index (κ3) is 1.63. The molecule has 78 valence electrons. The van der Waals surface area contributed by atoms with Crippen LogP contribution in [0.5, 0.6) is 0 Å². The van der Waals surface area contributed by atoms with Crippen molar-refractivity contribution in [2.45, 2.75) is 18.9 Å². The van der Waals surface area contributed by atoms with Gasteiger partial charge in [-0.2, -0.15) is 0 Å². The Morgan fingerprint density at radius 2 is 2.20 bits per heavy atom. The van der Waals surface area contributed by atoms with E-state index < -0.39 is 0 Å². The van der Waals surface area contributed by atoms with Crippen LogP contribution in [0.1, 0.15) is 24.4 Å². The molecule has 3 rings (SSSR count). The van der Waals surface area contributed by atoms with Crippen LogP contribution < -0.4 is 5.73 Å². The van der Waals surface area contributed by atoms with Gasteiger partial charge in [0.05, 0.1) is 0 Å². The fourth-order valence-electron chi connectivity index (χ4n) is 2.01. The molecule has 1 fully saturated rings. The van der Waals surface area contributed by atoms with E-state index in [-0.39, 0.29) is 6.04 Å². The zero-order chi connectivity index (χ0) is 10.4. The quantitative estimate of drug-likeness (QED) is 0.882. The smallest absolute Gasteiger partial charge is 0.0488 e. The number of benzene rings is 1. The monoisotopic (exact) mass is 281 g/mol. The Labute approximate surface area is 101 Å². The van der Waals surface area contributed by atoms with Crippen LogP contribution in [-0.2, 0) is 0 Å². The van der Waals surface area contributed by atoms with Crippen molar-refractivity contribution in [2.24, 2.45) is 11.7 Å². The molecule has 1 nitrogen and oxygen atoms in total. The lowest BCUT2D eigenvalue weighted by Crippen LogP contribution is -2.11. The van der Waals surface area contributed by atoms with Crippen molar-refractivity contribution in [3.05, 3.63) is 33.6 Å². The number of nitrogens with two attached hydrogens (primary N) is 1. The van der Waals surface area contributed by atoms with Gasteiger partial charge in [-0.1, -0.05) is 12.1 Å². The van der Waals surface area contributed by atoms with Crippen LogP contribution in [0.4, 0.5) is 0 Å². The average molecular weight is 282 g/mol. The SMILES string of the molecule is NC(c1csc2c(Br)cccc12)C1CC1. The van der Waals surface area contributed by atoms with Crippen molar-refractivity contribution in [3.8, 4) is 0 Å². The summed E-state index contributed by atoms with van der Waals surface area (Å²) >= 11 is 5.37. The van der Waals surface area contributed by atoms with E-state index in [9.17, 15) is 0 Å². The molecule has 1 saturated carbocycles. The minimum atomic E-state index is 0.244. The average Bonchev–Trinajstić information content (AvgIpc) is 2.98. The Kier molecular flexibility index (Phi) is 2.34. The number of thiophene rings is 1. The van der Waals surface area contributed by atoms with Crippen LogP contribution in [0, 0.1) is 5.92 Å². The fraction of sp³-hybridized carbons (Fsp3) is 0.333. The molecule has 0 radical (unpaired) electrons. The van der Waals surface area contributed by atoms with Crippen molar-refractivity contribution in [1.82, 2.24) is 0 Å². The molecule has 0 amide bonds. The first-order chi connectivity index (χ1) is 7.27. The fourth-order valence-corrected chi connectivity index (χ4v) is 3.68. The Morgan fingerprint density at radius 1 is 1.40 bits per heavy atom. The van der Waals surface area contributed by atoms with Crippen molar-refractivity contribution in [1.29, 1.82) is 0 Å². The lowest BCUT2D eigenvalue weighted by molar-refractivity contribution is 0.640. The molecule has 1 aliphatic carbocycles. The van der Waals surface area contributed by atoms with E-state index >= 15 is 0 Å². The molecule has 1 aromatic carbocycles. The predicted molar refractivity (Wildman–Crippen MR) is 69.2 cm³/mol. The summed E-state index contributed by atoms with van der Waals surface area (Å²) in [5.41, 5.74) is 7.58. The van der Waals surface area contributed by atoms with Crippen LogP contribution in [0.25, 0.3) is 10.1 Å². The van der Waals surface area contributed by atoms with Crippen LogP contribution in [0.15, 0.2) is 28.1 Å². The lowest BCUT2D eigenvalue weighted by atomic mass is 10.0. The summed E-state index contributed by atoms with van der Waals surface area (Å²) in [5.74, 6) is 0.724. The highest BCUT2D eigenvalue weighted by molar-refractivity contribution is 9.10. The maximum Gasteiger partial charge on any atom is 0.0488 e. The van der Waals surface area contributed by atoms with E-state index in [1.165, 1.54) is 33.0 Å². The molecule has 0 spiro atoms. The first-order valence-corrected chi connectivity index (χ1v) is 6.86. The number of fused-ring (bicyclic) bond motifs is 1. The third-order valence-electron chi connectivity index (χ3n) is 3.07. The van der Waals surface area contributed by atoms with E-state index in [2.05, 4.69) is 39.5 Å². The molecule has 1 unspecified atom stereocenters. The van der Waals surface area contributed by atoms with E-state index in [0.717, 1.165) is 5.92 Å². The summed E-state index contributed by atoms with van der Waals surface area (Å²) in [5, 5.41) is 3.55. The van der Waals surface area contributed by atoms with Gasteiger partial charge in [-0.3, -0.25) is 0 Å². The van der Waals surface area contributed by atoms with Gasteiger partial charge in [-0.25, -0.2) is 0 Å². The molecule has 1 heterocycles. The Hall–Kier alpha value is -0.380. The highest BCUT2D eigenvalue weighted by atomic mass is 79.9. The standard InChI is InChI=1S/C12H12BrNS/c13-10-3-1-2-8-9(6-15-12(8)10)11(14)7-4-5-7/h1-3,6-7,11H,4-5,14H2. The highest BCUT2D eigenvalue weighted by Gasteiger charge is 2.30. The maximum absolute atomic E-state index is 6.25. The van der Waals surface area contributed by atoms with Gasteiger partial charge in [-0.05, 0) is 57.1 Å². The van der Waals surface area contributed by atoms with Gasteiger partial charge < -0.3 is 5.73 Å². The lowest BCUT2D eigenvalue weighted by Gasteiger charge is -2.08. The number of hydrogen-bond acceptors (Lipinski definition) is 2. The van der Waals surface area contributed by atoms with Gasteiger partial charge in [0, 0.05) is 15.2 Å². The second-order valence-corrected chi connectivity index (χ2v) is 5.90. The van der Waals surface area contributed by atoms with Crippen LogP contribution >= 0.6 is 27.3 Å². The molecule has 2 N–H and O–H groups in total. The van der Waals surface area contributed by atoms with Gasteiger partial charge in [0.15, 0.2) is 0 Å². The molecule has 1 atom stereocenters. The first kappa shape index (κ1) is 9.82. The Balaban J connectivity index is 2.15. The molecule has 0 aliphatic heterocycles. The maximum atomic E-state index is 6.25. The molecule has 1 aromatic heterocycles. The summed E-state index contributed by atoms with van der Waals surface area (Å²) in [7, 11) is 0. The molecule has 1 aliphatic rings. The largest absolute Gasteiger partial charge is 0.324 e. The topological polar surface area (TPSA) is 26.0 Å². The van der Waals surface area contributed by atoms with Crippen LogP contribution in [0.3, 0.4) is 0 Å². The second kappa shape index (κ2) is 3.58. The van der Waals surface area contributed by atoms with Gasteiger partial charge in [0.1, 0.15) is 0 Å². The summed E-state index contributed by atoms with van der Waals surface area (Å²) < 4.78 is 2.50. The molecule has 2 aromatic rings. The van der Waals surface area contributed by atoms with E-state index in [1.54, 1.807) is 11.3 Å². The van der Waals surface area contributed by atoms with E-state index in [0.29, 0.717) is 0 Å². The predicted octanol–water partition coefficient (Wildman–Crippen LogP) is 4.07. The van der Waals surface area contributed by atoms with Gasteiger partial charge in [0.2, 0.25) is 0 Å². The zero-order valence-electron chi connectivity index (χ0n) is 8.24. The normalized spacial score (nSPS) is 18.3. The second-order valence-electron chi connectivity index (χ2n) is 4.17. The van der Waals surface area contributed by atoms with E-state index in [4.69, 9.17) is 5.73 Å². The van der Waals surface area contributed by atoms with Crippen molar-refractivity contribution < 1.29 is 0 Å². The van der Waals surface area contributed by atoms with Crippen LogP contribution in [0.2, 0.25) is 0 Å². The third-order valence-corrected chi connectivity index (χ3v) is 5.04. The molecule has 15 heavy (non-hydrogen) atoms. The van der Waals surface area contributed by atoms with Crippen molar-refractivity contribution in [3.63, 3.8) is 0 Å². The highest BCUT2D eigenvalue weighted by Crippen LogP contribution is 2.43. The number of rotatable bonds is 2. The molecule has 0 saturated heterocycles. The summed E-state index contributed by atoms with van der Waals surface area (Å²) in [4.78, 5) is 0. The number of hydrogen-bond donors (Lipinski definition) is 1. The van der Waals surface area contributed by atoms with Crippen molar-refractivity contribution >= 4 is 37.4 Å². The summed E-state index contributed by atoms with van der Waals surface area (Å²) in [6.07, 6.45) is 2.60. The number of halogens is 1. The Bertz CT molecular complexity index is 501.